The molecule has 3 heteroatoms. The molecule has 0 aliphatic heterocycles. The molecule has 1 N–H and O–H groups in total. The van der Waals surface area contributed by atoms with Crippen LogP contribution >= 0.6 is 0 Å². The van der Waals surface area contributed by atoms with Gasteiger partial charge in [-0.15, -0.1) is 0 Å². The second-order valence-corrected chi connectivity index (χ2v) is 4.41. The summed E-state index contributed by atoms with van der Waals surface area (Å²) in [7, 11) is 0. The van der Waals surface area contributed by atoms with E-state index in [1.807, 2.05) is 38.1 Å². The molecule has 0 fully saturated rings. The molecule has 0 radical (unpaired) electrons. The Morgan fingerprint density at radius 3 is 2.50 bits per heavy atom. The lowest BCUT2D eigenvalue weighted by atomic mass is 9.83. The number of hydrogen-bond donors (Lipinski definition) is 1. The number of aryl methyl sites for hydroxylation is 1. The van der Waals surface area contributed by atoms with Crippen LogP contribution in [-0.4, -0.2) is 5.91 Å². The molecule has 0 aliphatic carbocycles. The highest BCUT2D eigenvalue weighted by atomic mass is 16.2. The number of nitrogens with zero attached hydrogens (tertiary/aromatic N) is 1. The van der Waals surface area contributed by atoms with Crippen molar-refractivity contribution in [2.45, 2.75) is 40.0 Å². The highest BCUT2D eigenvalue weighted by Crippen LogP contribution is 2.27. The topological polar surface area (TPSA) is 52.9 Å². The molecular weight excluding hydrogens is 224 g/mol. The largest absolute Gasteiger partial charge is 0.325 e. The lowest BCUT2D eigenvalue weighted by Gasteiger charge is -2.22. The molecule has 1 amide bonds. The highest BCUT2D eigenvalue weighted by molar-refractivity contribution is 5.97. The smallest absolute Gasteiger partial charge is 0.244 e. The SMILES string of the molecule is CCc1cccc(NC(=O)C(C#N)(CC)CC)c1. The number of anilines is 1. The van der Waals surface area contributed by atoms with Crippen molar-refractivity contribution in [3.63, 3.8) is 0 Å². The van der Waals surface area contributed by atoms with Crippen molar-refractivity contribution >= 4 is 11.6 Å². The normalized spacial score (nSPS) is 10.8. The van der Waals surface area contributed by atoms with Crippen LogP contribution in [0.5, 0.6) is 0 Å². The van der Waals surface area contributed by atoms with E-state index in [1.165, 1.54) is 5.56 Å². The Bertz CT molecular complexity index is 456. The molecule has 0 heterocycles. The number of nitriles is 1. The Morgan fingerprint density at radius 2 is 2.00 bits per heavy atom. The summed E-state index contributed by atoms with van der Waals surface area (Å²) in [6.07, 6.45) is 1.98. The summed E-state index contributed by atoms with van der Waals surface area (Å²) < 4.78 is 0. The van der Waals surface area contributed by atoms with Gasteiger partial charge in [0.15, 0.2) is 0 Å². The van der Waals surface area contributed by atoms with Gasteiger partial charge in [-0.3, -0.25) is 4.79 Å². The second kappa shape index (κ2) is 6.20. The van der Waals surface area contributed by atoms with Crippen LogP contribution in [0, 0.1) is 16.7 Å². The fourth-order valence-electron chi connectivity index (χ4n) is 1.90. The molecule has 1 aromatic rings. The predicted molar refractivity (Wildman–Crippen MR) is 73.1 cm³/mol. The Morgan fingerprint density at radius 1 is 1.33 bits per heavy atom. The van der Waals surface area contributed by atoms with Crippen molar-refractivity contribution in [2.75, 3.05) is 5.32 Å². The summed E-state index contributed by atoms with van der Waals surface area (Å²) in [6.45, 7) is 5.81. The number of rotatable bonds is 5. The van der Waals surface area contributed by atoms with Gasteiger partial charge in [-0.25, -0.2) is 0 Å². The van der Waals surface area contributed by atoms with Gasteiger partial charge in [0.05, 0.1) is 6.07 Å². The van der Waals surface area contributed by atoms with Crippen molar-refractivity contribution in [1.82, 2.24) is 0 Å². The maximum Gasteiger partial charge on any atom is 0.244 e. The summed E-state index contributed by atoms with van der Waals surface area (Å²) in [6, 6.07) is 9.89. The van der Waals surface area contributed by atoms with Gasteiger partial charge in [-0.2, -0.15) is 5.26 Å². The molecule has 1 rings (SSSR count). The Kier molecular flexibility index (Phi) is 4.91. The van der Waals surface area contributed by atoms with E-state index in [1.54, 1.807) is 0 Å². The molecule has 0 saturated carbocycles. The predicted octanol–water partition coefficient (Wildman–Crippen LogP) is 3.52. The third-order valence-electron chi connectivity index (χ3n) is 3.45. The fraction of sp³-hybridized carbons (Fsp3) is 0.467. The van der Waals surface area contributed by atoms with Crippen molar-refractivity contribution in [3.8, 4) is 6.07 Å². The first-order chi connectivity index (χ1) is 8.61. The number of carbonyl (C=O) groups is 1. The van der Waals surface area contributed by atoms with Crippen molar-refractivity contribution in [2.24, 2.45) is 5.41 Å². The van der Waals surface area contributed by atoms with E-state index >= 15 is 0 Å². The van der Waals surface area contributed by atoms with Crippen LogP contribution in [-0.2, 0) is 11.2 Å². The van der Waals surface area contributed by atoms with Crippen LogP contribution in [0.1, 0.15) is 39.2 Å². The number of benzene rings is 1. The van der Waals surface area contributed by atoms with Crippen molar-refractivity contribution in [1.29, 1.82) is 5.26 Å². The van der Waals surface area contributed by atoms with Gasteiger partial charge in [-0.05, 0) is 37.0 Å². The third kappa shape index (κ3) is 2.89. The van der Waals surface area contributed by atoms with Gasteiger partial charge in [0.2, 0.25) is 5.91 Å². The van der Waals surface area contributed by atoms with Crippen LogP contribution in [0.4, 0.5) is 5.69 Å². The van der Waals surface area contributed by atoms with Gasteiger partial charge in [0.1, 0.15) is 5.41 Å². The average Bonchev–Trinajstić information content (AvgIpc) is 2.41. The molecule has 0 atom stereocenters. The number of nitrogens with one attached hydrogen (secondary N) is 1. The minimum Gasteiger partial charge on any atom is -0.325 e. The fourth-order valence-corrected chi connectivity index (χ4v) is 1.90. The quantitative estimate of drug-likeness (QED) is 0.861. The monoisotopic (exact) mass is 244 g/mol. The maximum absolute atomic E-state index is 12.2. The van der Waals surface area contributed by atoms with E-state index in [9.17, 15) is 10.1 Å². The third-order valence-corrected chi connectivity index (χ3v) is 3.45. The molecule has 0 bridgehead atoms. The van der Waals surface area contributed by atoms with Crippen LogP contribution in [0.3, 0.4) is 0 Å². The van der Waals surface area contributed by atoms with Gasteiger partial charge >= 0.3 is 0 Å². The number of hydrogen-bond acceptors (Lipinski definition) is 2. The van der Waals surface area contributed by atoms with Crippen molar-refractivity contribution < 1.29 is 4.79 Å². The summed E-state index contributed by atoms with van der Waals surface area (Å²) in [5.41, 5.74) is 1.02. The molecule has 0 unspecified atom stereocenters. The van der Waals surface area contributed by atoms with E-state index in [-0.39, 0.29) is 5.91 Å². The van der Waals surface area contributed by atoms with Crippen LogP contribution < -0.4 is 5.32 Å². The molecule has 0 aliphatic rings. The summed E-state index contributed by atoms with van der Waals surface area (Å²) in [4.78, 5) is 12.2. The Hall–Kier alpha value is -1.82. The maximum atomic E-state index is 12.2. The van der Waals surface area contributed by atoms with Gasteiger partial charge in [-0.1, -0.05) is 32.9 Å². The molecular formula is C15H20N2O. The molecule has 0 aromatic heterocycles. The zero-order chi connectivity index (χ0) is 13.6. The minimum atomic E-state index is -0.914. The molecule has 96 valence electrons. The zero-order valence-corrected chi connectivity index (χ0v) is 11.3. The molecule has 18 heavy (non-hydrogen) atoms. The summed E-state index contributed by atoms with van der Waals surface area (Å²) in [5.74, 6) is -0.205. The average molecular weight is 244 g/mol. The second-order valence-electron chi connectivity index (χ2n) is 4.41. The van der Waals surface area contributed by atoms with Crippen LogP contribution in [0.2, 0.25) is 0 Å². The van der Waals surface area contributed by atoms with Gasteiger partial charge < -0.3 is 5.32 Å². The number of amides is 1. The first-order valence-electron chi connectivity index (χ1n) is 6.43. The Labute approximate surface area is 109 Å². The Balaban J connectivity index is 2.90. The number of carbonyl (C=O) groups excluding carboxylic acids is 1. The van der Waals surface area contributed by atoms with Gasteiger partial charge in [0, 0.05) is 5.69 Å². The van der Waals surface area contributed by atoms with Crippen molar-refractivity contribution in [3.05, 3.63) is 29.8 Å². The molecule has 0 saturated heterocycles. The van der Waals surface area contributed by atoms with E-state index in [2.05, 4.69) is 18.3 Å². The minimum absolute atomic E-state index is 0.205. The lowest BCUT2D eigenvalue weighted by Crippen LogP contribution is -2.33. The molecule has 1 aromatic carbocycles. The summed E-state index contributed by atoms with van der Waals surface area (Å²) in [5, 5.41) is 12.1. The van der Waals surface area contributed by atoms with Crippen LogP contribution in [0.25, 0.3) is 0 Å². The first-order valence-corrected chi connectivity index (χ1v) is 6.43. The molecule has 3 nitrogen and oxygen atoms in total. The highest BCUT2D eigenvalue weighted by Gasteiger charge is 2.34. The van der Waals surface area contributed by atoms with E-state index < -0.39 is 5.41 Å². The van der Waals surface area contributed by atoms with Crippen LogP contribution in [0.15, 0.2) is 24.3 Å². The van der Waals surface area contributed by atoms with Gasteiger partial charge in [0.25, 0.3) is 0 Å². The summed E-state index contributed by atoms with van der Waals surface area (Å²) >= 11 is 0. The van der Waals surface area contributed by atoms with E-state index in [4.69, 9.17) is 0 Å². The first kappa shape index (κ1) is 14.2. The lowest BCUT2D eigenvalue weighted by molar-refractivity contribution is -0.123. The zero-order valence-electron chi connectivity index (χ0n) is 11.3. The van der Waals surface area contributed by atoms with E-state index in [0.29, 0.717) is 12.8 Å². The standard InChI is InChI=1S/C15H20N2O/c1-4-12-8-7-9-13(10-12)17-14(18)15(5-2,6-3)11-16/h7-10H,4-6H2,1-3H3,(H,17,18). The van der Waals surface area contributed by atoms with E-state index in [0.717, 1.165) is 12.1 Å². The molecule has 0 spiro atoms.